The van der Waals surface area contributed by atoms with Gasteiger partial charge in [-0.05, 0) is 122 Å². The molecule has 0 radical (unpaired) electrons. The van der Waals surface area contributed by atoms with Crippen LogP contribution in [0.1, 0.15) is 94.9 Å². The van der Waals surface area contributed by atoms with Crippen molar-refractivity contribution in [2.45, 2.75) is 105 Å². The number of benzene rings is 2. The van der Waals surface area contributed by atoms with Crippen LogP contribution in [0.15, 0.2) is 71.3 Å². The van der Waals surface area contributed by atoms with Gasteiger partial charge in [0, 0.05) is 12.1 Å². The van der Waals surface area contributed by atoms with Crippen LogP contribution in [-0.4, -0.2) is 16.6 Å². The molecule has 1 atom stereocenters. The maximum atomic E-state index is 12.4. The molecule has 2 aromatic rings. The normalized spacial score (nSPS) is 17.9. The van der Waals surface area contributed by atoms with Crippen LogP contribution in [0.2, 0.25) is 0 Å². The zero-order chi connectivity index (χ0) is 28.4. The molecule has 1 aliphatic rings. The van der Waals surface area contributed by atoms with E-state index in [-0.39, 0.29) is 11.5 Å². The molecule has 1 aliphatic heterocycles. The highest BCUT2D eigenvalue weighted by atomic mass is 16.5. The number of carbonyl (C=O) groups is 1. The van der Waals surface area contributed by atoms with Gasteiger partial charge in [-0.2, -0.15) is 0 Å². The number of phenolic OH excluding ortho intramolecular Hbond substituents is 1. The zero-order valence-electron chi connectivity index (χ0n) is 24.8. The molecule has 39 heavy (non-hydrogen) atoms. The predicted molar refractivity (Wildman–Crippen MR) is 162 cm³/mol. The smallest absolute Gasteiger partial charge is 0.246 e. The van der Waals surface area contributed by atoms with Gasteiger partial charge in [-0.3, -0.25) is 4.79 Å². The molecule has 0 aromatic heterocycles. The van der Waals surface area contributed by atoms with Gasteiger partial charge in [-0.15, -0.1) is 0 Å². The Morgan fingerprint density at radius 1 is 0.974 bits per heavy atom. The second kappa shape index (κ2) is 14.2. The second-order valence-electron chi connectivity index (χ2n) is 11.6. The molecule has 0 bridgehead atoms. The Morgan fingerprint density at radius 3 is 2.31 bits per heavy atom. The van der Waals surface area contributed by atoms with Gasteiger partial charge in [0.15, 0.2) is 0 Å². The van der Waals surface area contributed by atoms with E-state index in [0.717, 1.165) is 79.4 Å². The number of phenols is 1. The molecule has 0 saturated carbocycles. The van der Waals surface area contributed by atoms with Crippen LogP contribution in [0.25, 0.3) is 0 Å². The van der Waals surface area contributed by atoms with Gasteiger partial charge in [0.2, 0.25) is 5.91 Å². The number of rotatable bonds is 12. The van der Waals surface area contributed by atoms with Gasteiger partial charge in [0.1, 0.15) is 17.1 Å². The van der Waals surface area contributed by atoms with Crippen LogP contribution < -0.4 is 10.1 Å². The van der Waals surface area contributed by atoms with Crippen molar-refractivity contribution in [1.82, 2.24) is 5.32 Å². The SMILES string of the molecule is C/C(=C\CC/C(C)=C/CCC1(C)CCc2cc(O)cc(C)c2O1)CC/C=C(\C)C(=O)NCc1ccc(C)cc1. The van der Waals surface area contributed by atoms with E-state index in [1.807, 2.05) is 26.0 Å². The zero-order valence-corrected chi connectivity index (χ0v) is 24.8. The maximum Gasteiger partial charge on any atom is 0.246 e. The number of hydrogen-bond acceptors (Lipinski definition) is 3. The van der Waals surface area contributed by atoms with Crippen molar-refractivity contribution in [2.75, 3.05) is 0 Å². The number of nitrogens with one attached hydrogen (secondary N) is 1. The average Bonchev–Trinajstić information content (AvgIpc) is 2.88. The van der Waals surface area contributed by atoms with Gasteiger partial charge in [-0.25, -0.2) is 0 Å². The quantitative estimate of drug-likeness (QED) is 0.214. The van der Waals surface area contributed by atoms with Crippen molar-refractivity contribution in [1.29, 1.82) is 0 Å². The third-order valence-corrected chi connectivity index (χ3v) is 7.73. The number of allylic oxidation sites excluding steroid dienone is 5. The lowest BCUT2D eigenvalue weighted by Crippen LogP contribution is -2.36. The summed E-state index contributed by atoms with van der Waals surface area (Å²) in [4.78, 5) is 12.4. The van der Waals surface area contributed by atoms with Crippen LogP contribution >= 0.6 is 0 Å². The summed E-state index contributed by atoms with van der Waals surface area (Å²) in [5, 5.41) is 12.9. The molecule has 4 heteroatoms. The lowest BCUT2D eigenvalue weighted by Gasteiger charge is -2.36. The van der Waals surface area contributed by atoms with Crippen LogP contribution in [0.5, 0.6) is 11.5 Å². The summed E-state index contributed by atoms with van der Waals surface area (Å²) in [5.41, 5.74) is 7.87. The highest BCUT2D eigenvalue weighted by Gasteiger charge is 2.32. The molecule has 0 fully saturated rings. The minimum absolute atomic E-state index is 0.00379. The van der Waals surface area contributed by atoms with Crippen molar-refractivity contribution in [3.63, 3.8) is 0 Å². The fourth-order valence-corrected chi connectivity index (χ4v) is 5.04. The fraction of sp³-hybridized carbons (Fsp3) is 0.457. The van der Waals surface area contributed by atoms with Gasteiger partial charge in [0.25, 0.3) is 0 Å². The number of hydrogen-bond donors (Lipinski definition) is 2. The fourth-order valence-electron chi connectivity index (χ4n) is 5.04. The van der Waals surface area contributed by atoms with E-state index in [1.165, 1.54) is 16.7 Å². The third kappa shape index (κ3) is 9.76. The largest absolute Gasteiger partial charge is 0.508 e. The Bertz CT molecular complexity index is 1220. The minimum atomic E-state index is -0.161. The van der Waals surface area contributed by atoms with E-state index in [1.54, 1.807) is 6.07 Å². The number of aryl methyl sites for hydroxylation is 3. The summed E-state index contributed by atoms with van der Waals surface area (Å²) in [6.07, 6.45) is 14.6. The van der Waals surface area contributed by atoms with Gasteiger partial charge >= 0.3 is 0 Å². The second-order valence-corrected chi connectivity index (χ2v) is 11.6. The van der Waals surface area contributed by atoms with Crippen molar-refractivity contribution in [3.05, 3.63) is 93.6 Å². The van der Waals surface area contributed by atoms with Crippen LogP contribution in [0.4, 0.5) is 0 Å². The average molecular weight is 530 g/mol. The Kier molecular flexibility index (Phi) is 11.0. The Balaban J connectivity index is 1.35. The molecule has 2 aromatic carbocycles. The van der Waals surface area contributed by atoms with Gasteiger partial charge in [0.05, 0.1) is 0 Å². The Morgan fingerprint density at radius 2 is 1.62 bits per heavy atom. The molecule has 1 amide bonds. The molecule has 4 nitrogen and oxygen atoms in total. The Hall–Kier alpha value is -3.27. The molecule has 1 heterocycles. The minimum Gasteiger partial charge on any atom is -0.508 e. The van der Waals surface area contributed by atoms with Crippen molar-refractivity contribution in [2.24, 2.45) is 0 Å². The van der Waals surface area contributed by atoms with E-state index in [0.29, 0.717) is 12.3 Å². The molecule has 3 rings (SSSR count). The van der Waals surface area contributed by atoms with E-state index < -0.39 is 0 Å². The van der Waals surface area contributed by atoms with Crippen LogP contribution in [0, 0.1) is 13.8 Å². The highest BCUT2D eigenvalue weighted by Crippen LogP contribution is 2.39. The third-order valence-electron chi connectivity index (χ3n) is 7.73. The monoisotopic (exact) mass is 529 g/mol. The number of aromatic hydroxyl groups is 1. The van der Waals surface area contributed by atoms with Gasteiger partial charge in [-0.1, -0.05) is 59.2 Å². The number of ether oxygens (including phenoxy) is 1. The van der Waals surface area contributed by atoms with Crippen molar-refractivity contribution < 1.29 is 14.6 Å². The first-order valence-corrected chi connectivity index (χ1v) is 14.4. The molecule has 1 unspecified atom stereocenters. The summed E-state index contributed by atoms with van der Waals surface area (Å²) in [5.74, 6) is 1.28. The summed E-state index contributed by atoms with van der Waals surface area (Å²) >= 11 is 0. The van der Waals surface area contributed by atoms with E-state index in [9.17, 15) is 9.90 Å². The molecule has 0 aliphatic carbocycles. The first-order valence-electron chi connectivity index (χ1n) is 14.4. The molecular weight excluding hydrogens is 482 g/mol. The predicted octanol–water partition coefficient (Wildman–Crippen LogP) is 8.59. The number of fused-ring (bicyclic) bond motifs is 1. The molecule has 2 N–H and O–H groups in total. The van der Waals surface area contributed by atoms with E-state index in [4.69, 9.17) is 4.74 Å². The summed E-state index contributed by atoms with van der Waals surface area (Å²) in [7, 11) is 0. The number of carbonyl (C=O) groups excluding carboxylic acids is 1. The lowest BCUT2D eigenvalue weighted by atomic mass is 9.87. The van der Waals surface area contributed by atoms with Crippen LogP contribution in [-0.2, 0) is 17.8 Å². The Labute approximate surface area is 235 Å². The number of amides is 1. The van der Waals surface area contributed by atoms with Gasteiger partial charge < -0.3 is 15.2 Å². The molecular formula is C35H47NO3. The lowest BCUT2D eigenvalue weighted by molar-refractivity contribution is -0.117. The molecule has 0 saturated heterocycles. The van der Waals surface area contributed by atoms with Crippen molar-refractivity contribution >= 4 is 5.91 Å². The van der Waals surface area contributed by atoms with Crippen LogP contribution in [0.3, 0.4) is 0 Å². The molecule has 210 valence electrons. The molecule has 0 spiro atoms. The topological polar surface area (TPSA) is 58.6 Å². The maximum absolute atomic E-state index is 12.4. The summed E-state index contributed by atoms with van der Waals surface area (Å²) in [6.45, 7) is 13.1. The summed E-state index contributed by atoms with van der Waals surface area (Å²) in [6, 6.07) is 11.9. The van der Waals surface area contributed by atoms with Crippen molar-refractivity contribution in [3.8, 4) is 11.5 Å². The standard InChI is InChI=1S/C35H47NO3/c1-25(12-8-14-28(4)34(38)36-24-30-17-15-27(3)16-18-30)10-7-11-26(2)13-9-20-35(6)21-19-31-23-32(37)22-29(5)33(31)39-35/h10,13-18,22-23,37H,7-9,11-12,19-21,24H2,1-6H3,(H,36,38)/b25-10+,26-13+,28-14+. The first kappa shape index (κ1) is 30.3. The summed E-state index contributed by atoms with van der Waals surface area (Å²) < 4.78 is 6.43. The van der Waals surface area contributed by atoms with E-state index in [2.05, 4.69) is 69.4 Å². The first-order chi connectivity index (χ1) is 18.5. The highest BCUT2D eigenvalue weighted by molar-refractivity contribution is 5.92. The van der Waals surface area contributed by atoms with E-state index >= 15 is 0 Å².